The first-order chi connectivity index (χ1) is 10.7. The van der Waals surface area contributed by atoms with Gasteiger partial charge in [-0.25, -0.2) is 9.18 Å². The third-order valence-corrected chi connectivity index (χ3v) is 3.28. The molecule has 3 rings (SSSR count). The van der Waals surface area contributed by atoms with Crippen LogP contribution < -0.4 is 4.74 Å². The molecule has 3 aromatic rings. The van der Waals surface area contributed by atoms with Crippen molar-refractivity contribution in [2.24, 2.45) is 0 Å². The van der Waals surface area contributed by atoms with Crippen molar-refractivity contribution in [3.8, 4) is 17.0 Å². The summed E-state index contributed by atoms with van der Waals surface area (Å²) in [6, 6.07) is 6.08. The molecule has 0 saturated carbocycles. The Morgan fingerprint density at radius 2 is 2.14 bits per heavy atom. The number of ether oxygens (including phenoxy) is 2. The second kappa shape index (κ2) is 5.44. The molecule has 22 heavy (non-hydrogen) atoms. The second-order valence-corrected chi connectivity index (χ2v) is 4.50. The van der Waals surface area contributed by atoms with Crippen LogP contribution >= 0.6 is 0 Å². The van der Waals surface area contributed by atoms with Crippen LogP contribution in [0.1, 0.15) is 10.5 Å². The maximum absolute atomic E-state index is 14.1. The molecule has 6 nitrogen and oxygen atoms in total. The molecule has 7 heteroatoms. The van der Waals surface area contributed by atoms with Gasteiger partial charge >= 0.3 is 5.97 Å². The number of nitrogens with zero attached hydrogens (tertiary/aromatic N) is 2. The molecule has 0 bridgehead atoms. The summed E-state index contributed by atoms with van der Waals surface area (Å²) < 4.78 is 24.0. The summed E-state index contributed by atoms with van der Waals surface area (Å²) in [5.74, 6) is -0.687. The molecule has 0 aliphatic rings. The van der Waals surface area contributed by atoms with E-state index in [0.29, 0.717) is 22.3 Å². The van der Waals surface area contributed by atoms with Gasteiger partial charge in [-0.1, -0.05) is 6.07 Å². The van der Waals surface area contributed by atoms with Crippen molar-refractivity contribution < 1.29 is 18.7 Å². The van der Waals surface area contributed by atoms with E-state index in [1.165, 1.54) is 26.5 Å². The molecule has 1 N–H and O–H groups in total. The highest BCUT2D eigenvalue weighted by atomic mass is 19.1. The topological polar surface area (TPSA) is 77.1 Å². The van der Waals surface area contributed by atoms with Crippen LogP contribution in [-0.4, -0.2) is 35.4 Å². The first-order valence-corrected chi connectivity index (χ1v) is 6.41. The van der Waals surface area contributed by atoms with Gasteiger partial charge in [0.2, 0.25) is 0 Å². The number of aromatic amines is 1. The van der Waals surface area contributed by atoms with E-state index in [9.17, 15) is 9.18 Å². The lowest BCUT2D eigenvalue weighted by atomic mass is 10.1. The van der Waals surface area contributed by atoms with Crippen molar-refractivity contribution in [2.45, 2.75) is 0 Å². The summed E-state index contributed by atoms with van der Waals surface area (Å²) in [6.07, 6.45) is 1.48. The molecule has 0 saturated heterocycles. The summed E-state index contributed by atoms with van der Waals surface area (Å²) >= 11 is 0. The molecular weight excluding hydrogens is 289 g/mol. The largest absolute Gasteiger partial charge is 0.496 e. The number of carbonyl (C=O) groups excluding carboxylic acids is 1. The molecule has 0 aliphatic heterocycles. The Morgan fingerprint density at radius 3 is 2.86 bits per heavy atom. The van der Waals surface area contributed by atoms with Crippen LogP contribution in [0.25, 0.3) is 22.2 Å². The number of fused-ring (bicyclic) bond motifs is 1. The van der Waals surface area contributed by atoms with Crippen LogP contribution in [0, 0.1) is 5.82 Å². The summed E-state index contributed by atoms with van der Waals surface area (Å²) in [7, 11) is 2.72. The van der Waals surface area contributed by atoms with Crippen LogP contribution in [0.15, 0.2) is 30.5 Å². The lowest BCUT2D eigenvalue weighted by Gasteiger charge is -2.09. The van der Waals surface area contributed by atoms with E-state index in [1.807, 2.05) is 0 Å². The standard InChI is InChI=1S/C15H12FN3O3/c1-21-12-5-3-4-9(16)13(12)10-6-8-11(7-17-10)18-19-14(8)15(20)22-2/h3-7H,1-2H3,(H,18,19). The van der Waals surface area contributed by atoms with Gasteiger partial charge in [0, 0.05) is 5.39 Å². The van der Waals surface area contributed by atoms with Crippen LogP contribution in [0.5, 0.6) is 5.75 Å². The van der Waals surface area contributed by atoms with Gasteiger partial charge < -0.3 is 9.47 Å². The minimum absolute atomic E-state index is 0.122. The van der Waals surface area contributed by atoms with Gasteiger partial charge in [0.05, 0.1) is 37.2 Å². The zero-order chi connectivity index (χ0) is 15.7. The fourth-order valence-corrected chi connectivity index (χ4v) is 2.23. The van der Waals surface area contributed by atoms with E-state index in [0.717, 1.165) is 0 Å². The average molecular weight is 301 g/mol. The maximum Gasteiger partial charge on any atom is 0.359 e. The number of hydrogen-bond donors (Lipinski definition) is 1. The quantitative estimate of drug-likeness (QED) is 0.752. The summed E-state index contributed by atoms with van der Waals surface area (Å²) in [6.45, 7) is 0. The van der Waals surface area contributed by atoms with Crippen molar-refractivity contribution in [3.05, 3.63) is 42.0 Å². The summed E-state index contributed by atoms with van der Waals surface area (Å²) in [5.41, 5.74) is 1.24. The van der Waals surface area contributed by atoms with Crippen LogP contribution in [0.3, 0.4) is 0 Å². The van der Waals surface area contributed by atoms with Gasteiger partial charge in [-0.3, -0.25) is 10.1 Å². The number of aromatic nitrogens is 3. The van der Waals surface area contributed by atoms with Gasteiger partial charge in [0.1, 0.15) is 11.6 Å². The molecule has 2 heterocycles. The van der Waals surface area contributed by atoms with E-state index < -0.39 is 11.8 Å². The number of methoxy groups -OCH3 is 2. The summed E-state index contributed by atoms with van der Waals surface area (Å²) in [4.78, 5) is 15.9. The van der Waals surface area contributed by atoms with E-state index in [2.05, 4.69) is 19.9 Å². The predicted octanol–water partition coefficient (Wildman–Crippen LogP) is 2.56. The van der Waals surface area contributed by atoms with E-state index >= 15 is 0 Å². The third-order valence-electron chi connectivity index (χ3n) is 3.28. The number of nitrogens with one attached hydrogen (secondary N) is 1. The first kappa shape index (κ1) is 14.0. The van der Waals surface area contributed by atoms with E-state index in [1.54, 1.807) is 18.2 Å². The molecular formula is C15H12FN3O3. The highest BCUT2D eigenvalue weighted by Crippen LogP contribution is 2.32. The molecule has 0 unspecified atom stereocenters. The molecule has 112 valence electrons. The van der Waals surface area contributed by atoms with Gasteiger partial charge in [-0.2, -0.15) is 5.10 Å². The Labute approximate surface area is 124 Å². The highest BCUT2D eigenvalue weighted by molar-refractivity contribution is 6.02. The molecule has 0 amide bonds. The number of esters is 1. The molecule has 0 radical (unpaired) electrons. The Morgan fingerprint density at radius 1 is 1.32 bits per heavy atom. The van der Waals surface area contributed by atoms with E-state index in [4.69, 9.17) is 4.74 Å². The lowest BCUT2D eigenvalue weighted by Crippen LogP contribution is -2.02. The number of rotatable bonds is 3. The number of H-pyrrole nitrogens is 1. The zero-order valence-electron chi connectivity index (χ0n) is 11.9. The monoisotopic (exact) mass is 301 g/mol. The average Bonchev–Trinajstić information content (AvgIpc) is 2.96. The van der Waals surface area contributed by atoms with Gasteiger partial charge in [-0.15, -0.1) is 0 Å². The fraction of sp³-hybridized carbons (Fsp3) is 0.133. The molecule has 2 aromatic heterocycles. The van der Waals surface area contributed by atoms with Crippen molar-refractivity contribution in [3.63, 3.8) is 0 Å². The van der Waals surface area contributed by atoms with Crippen LogP contribution in [0.2, 0.25) is 0 Å². The Balaban J connectivity index is 2.23. The fourth-order valence-electron chi connectivity index (χ4n) is 2.23. The van der Waals surface area contributed by atoms with Crippen molar-refractivity contribution in [1.82, 2.24) is 15.2 Å². The van der Waals surface area contributed by atoms with E-state index in [-0.39, 0.29) is 11.3 Å². The second-order valence-electron chi connectivity index (χ2n) is 4.50. The predicted molar refractivity (Wildman–Crippen MR) is 77.2 cm³/mol. The Hall–Kier alpha value is -2.96. The number of halogens is 1. The normalized spacial score (nSPS) is 10.7. The summed E-state index contributed by atoms with van der Waals surface area (Å²) in [5, 5.41) is 7.09. The molecule has 1 aromatic carbocycles. The van der Waals surface area contributed by atoms with Gasteiger partial charge in [0.25, 0.3) is 0 Å². The Bertz CT molecular complexity index is 860. The molecule has 0 spiro atoms. The van der Waals surface area contributed by atoms with Crippen LogP contribution in [-0.2, 0) is 4.74 Å². The SMILES string of the molecule is COC(=O)c1n[nH]c2cnc(-c3c(F)cccc3OC)cc12. The van der Waals surface area contributed by atoms with Crippen LogP contribution in [0.4, 0.5) is 4.39 Å². The lowest BCUT2D eigenvalue weighted by molar-refractivity contribution is 0.0596. The number of benzene rings is 1. The minimum Gasteiger partial charge on any atom is -0.496 e. The first-order valence-electron chi connectivity index (χ1n) is 6.41. The van der Waals surface area contributed by atoms with Crippen molar-refractivity contribution in [2.75, 3.05) is 14.2 Å². The van der Waals surface area contributed by atoms with Crippen molar-refractivity contribution in [1.29, 1.82) is 0 Å². The zero-order valence-corrected chi connectivity index (χ0v) is 11.9. The number of hydrogen-bond acceptors (Lipinski definition) is 5. The van der Waals surface area contributed by atoms with Crippen molar-refractivity contribution >= 4 is 16.9 Å². The molecule has 0 atom stereocenters. The van der Waals surface area contributed by atoms with Gasteiger partial charge in [0.15, 0.2) is 5.69 Å². The molecule has 0 aliphatic carbocycles. The number of pyridine rings is 1. The highest BCUT2D eigenvalue weighted by Gasteiger charge is 2.18. The number of carbonyl (C=O) groups is 1. The third kappa shape index (κ3) is 2.16. The van der Waals surface area contributed by atoms with Gasteiger partial charge in [-0.05, 0) is 18.2 Å². The molecule has 0 fully saturated rings. The smallest absolute Gasteiger partial charge is 0.359 e. The maximum atomic E-state index is 14.1. The Kier molecular flexibility index (Phi) is 3.46. The minimum atomic E-state index is -0.580.